The van der Waals surface area contributed by atoms with Crippen LogP contribution in [0.4, 0.5) is 5.69 Å². The minimum absolute atomic E-state index is 0.0972. The fourth-order valence-electron chi connectivity index (χ4n) is 1.52. The lowest BCUT2D eigenvalue weighted by Crippen LogP contribution is -2.25. The van der Waals surface area contributed by atoms with Crippen molar-refractivity contribution in [1.29, 1.82) is 0 Å². The summed E-state index contributed by atoms with van der Waals surface area (Å²) in [6.07, 6.45) is 1.50. The highest BCUT2D eigenvalue weighted by Crippen LogP contribution is 2.15. The number of nitrogens with zero attached hydrogens (tertiary/aromatic N) is 2. The zero-order valence-corrected chi connectivity index (χ0v) is 10.8. The minimum Gasteiger partial charge on any atom is -0.319 e. The van der Waals surface area contributed by atoms with E-state index in [4.69, 9.17) is 11.6 Å². The van der Waals surface area contributed by atoms with Gasteiger partial charge in [0.2, 0.25) is 0 Å². The van der Waals surface area contributed by atoms with Crippen LogP contribution in [-0.4, -0.2) is 16.8 Å². The van der Waals surface area contributed by atoms with E-state index in [9.17, 15) is 4.79 Å². The van der Waals surface area contributed by atoms with Crippen LogP contribution >= 0.6 is 11.6 Å². The van der Waals surface area contributed by atoms with Gasteiger partial charge in [0.1, 0.15) is 5.02 Å². The van der Waals surface area contributed by atoms with E-state index >= 15 is 0 Å². The van der Waals surface area contributed by atoms with Crippen molar-refractivity contribution < 1.29 is 0 Å². The molecule has 0 saturated heterocycles. The minimum atomic E-state index is -0.360. The number of hydrogen-bond acceptors (Lipinski definition) is 4. The molecule has 2 aromatic rings. The predicted octanol–water partition coefficient (Wildman–Crippen LogP) is 1.74. The molecule has 0 aliphatic heterocycles. The summed E-state index contributed by atoms with van der Waals surface area (Å²) in [5.41, 5.74) is 7.33. The molecular weight excluding hydrogens is 252 g/mol. The Morgan fingerprint density at radius 2 is 1.94 bits per heavy atom. The summed E-state index contributed by atoms with van der Waals surface area (Å²) < 4.78 is 1.27. The van der Waals surface area contributed by atoms with Gasteiger partial charge in [-0.1, -0.05) is 29.3 Å². The van der Waals surface area contributed by atoms with E-state index < -0.39 is 0 Å². The Kier molecular flexibility index (Phi) is 3.64. The summed E-state index contributed by atoms with van der Waals surface area (Å²) in [6.45, 7) is 1.98. The standard InChI is InChI=1S/C12H13ClN4O/c1-8-3-5-9(6-4-8)17-12(18)11(13)10(7-15-17)16-14-2/h3-7,14,16H,1-2H3. The van der Waals surface area contributed by atoms with Crippen LogP contribution in [0.1, 0.15) is 5.56 Å². The first-order valence-corrected chi connectivity index (χ1v) is 5.79. The molecule has 2 N–H and O–H groups in total. The van der Waals surface area contributed by atoms with Gasteiger partial charge in [0.25, 0.3) is 5.56 Å². The van der Waals surface area contributed by atoms with Gasteiger partial charge in [-0.25, -0.2) is 5.43 Å². The van der Waals surface area contributed by atoms with E-state index in [0.717, 1.165) is 5.56 Å². The van der Waals surface area contributed by atoms with Crippen molar-refractivity contribution in [2.24, 2.45) is 0 Å². The lowest BCUT2D eigenvalue weighted by Gasteiger charge is -2.09. The third kappa shape index (κ3) is 2.37. The lowest BCUT2D eigenvalue weighted by molar-refractivity contribution is 0.803. The van der Waals surface area contributed by atoms with Crippen LogP contribution in [0.3, 0.4) is 0 Å². The normalized spacial score (nSPS) is 10.4. The summed E-state index contributed by atoms with van der Waals surface area (Å²) in [6, 6.07) is 7.48. The summed E-state index contributed by atoms with van der Waals surface area (Å²) in [5, 5.41) is 4.17. The van der Waals surface area contributed by atoms with Crippen LogP contribution in [0, 0.1) is 6.92 Å². The first-order chi connectivity index (χ1) is 8.63. The molecule has 5 nitrogen and oxygen atoms in total. The molecular formula is C12H13ClN4O. The summed E-state index contributed by atoms with van der Waals surface area (Å²) in [4.78, 5) is 12.1. The van der Waals surface area contributed by atoms with Crippen LogP contribution in [-0.2, 0) is 0 Å². The zero-order valence-electron chi connectivity index (χ0n) is 10.1. The van der Waals surface area contributed by atoms with E-state index in [1.807, 2.05) is 31.2 Å². The van der Waals surface area contributed by atoms with Gasteiger partial charge < -0.3 is 5.43 Å². The topological polar surface area (TPSA) is 59.0 Å². The maximum absolute atomic E-state index is 12.1. The van der Waals surface area contributed by atoms with Crippen molar-refractivity contribution in [1.82, 2.24) is 15.2 Å². The van der Waals surface area contributed by atoms with Crippen molar-refractivity contribution >= 4 is 17.3 Å². The Balaban J connectivity index is 2.50. The van der Waals surface area contributed by atoms with Crippen molar-refractivity contribution in [2.75, 3.05) is 12.5 Å². The van der Waals surface area contributed by atoms with Crippen molar-refractivity contribution in [3.8, 4) is 5.69 Å². The molecule has 0 saturated carbocycles. The first-order valence-electron chi connectivity index (χ1n) is 5.41. The fraction of sp³-hybridized carbons (Fsp3) is 0.167. The number of hydrogen-bond donors (Lipinski definition) is 2. The van der Waals surface area contributed by atoms with E-state index in [1.165, 1.54) is 10.9 Å². The highest BCUT2D eigenvalue weighted by molar-refractivity contribution is 6.32. The fourth-order valence-corrected chi connectivity index (χ4v) is 1.70. The van der Waals surface area contributed by atoms with Gasteiger partial charge >= 0.3 is 0 Å². The van der Waals surface area contributed by atoms with E-state index in [2.05, 4.69) is 16.0 Å². The summed E-state index contributed by atoms with van der Waals surface area (Å²) in [7, 11) is 1.68. The van der Waals surface area contributed by atoms with Gasteiger partial charge in [-0.2, -0.15) is 9.78 Å². The van der Waals surface area contributed by atoms with Gasteiger partial charge in [0, 0.05) is 7.05 Å². The van der Waals surface area contributed by atoms with Gasteiger partial charge in [-0.05, 0) is 19.1 Å². The molecule has 6 heteroatoms. The highest BCUT2D eigenvalue weighted by atomic mass is 35.5. The Hall–Kier alpha value is -1.85. The molecule has 94 valence electrons. The molecule has 0 spiro atoms. The SMILES string of the molecule is CNNc1cnn(-c2ccc(C)cc2)c(=O)c1Cl. The van der Waals surface area contributed by atoms with E-state index in [1.54, 1.807) is 7.05 Å². The second-order valence-electron chi connectivity index (χ2n) is 3.80. The quantitative estimate of drug-likeness (QED) is 0.829. The maximum atomic E-state index is 12.1. The average molecular weight is 265 g/mol. The molecule has 0 unspecified atom stereocenters. The number of hydrazine groups is 1. The second-order valence-corrected chi connectivity index (χ2v) is 4.18. The predicted molar refractivity (Wildman–Crippen MR) is 72.3 cm³/mol. The highest BCUT2D eigenvalue weighted by Gasteiger charge is 2.09. The van der Waals surface area contributed by atoms with Gasteiger partial charge in [0.05, 0.1) is 17.6 Å². The largest absolute Gasteiger partial charge is 0.319 e. The maximum Gasteiger partial charge on any atom is 0.292 e. The Bertz CT molecular complexity index is 606. The smallest absolute Gasteiger partial charge is 0.292 e. The Labute approximate surface area is 109 Å². The van der Waals surface area contributed by atoms with Gasteiger partial charge in [0.15, 0.2) is 0 Å². The zero-order chi connectivity index (χ0) is 13.1. The molecule has 1 aromatic heterocycles. The van der Waals surface area contributed by atoms with Crippen LogP contribution < -0.4 is 16.4 Å². The Morgan fingerprint density at radius 1 is 1.28 bits per heavy atom. The lowest BCUT2D eigenvalue weighted by atomic mass is 10.2. The summed E-state index contributed by atoms with van der Waals surface area (Å²) in [5.74, 6) is 0. The number of nitrogens with one attached hydrogen (secondary N) is 2. The van der Waals surface area contributed by atoms with Crippen LogP contribution in [0.2, 0.25) is 5.02 Å². The monoisotopic (exact) mass is 264 g/mol. The second kappa shape index (κ2) is 5.20. The molecule has 0 aliphatic rings. The molecule has 0 radical (unpaired) electrons. The molecule has 0 fully saturated rings. The molecule has 1 aromatic carbocycles. The molecule has 1 heterocycles. The number of anilines is 1. The first kappa shape index (κ1) is 12.6. The number of halogens is 1. The van der Waals surface area contributed by atoms with Crippen molar-refractivity contribution in [3.05, 3.63) is 51.4 Å². The van der Waals surface area contributed by atoms with Gasteiger partial charge in [-0.3, -0.25) is 4.79 Å². The molecule has 0 bridgehead atoms. The van der Waals surface area contributed by atoms with Crippen LogP contribution in [0.15, 0.2) is 35.3 Å². The molecule has 18 heavy (non-hydrogen) atoms. The molecule has 0 amide bonds. The third-order valence-electron chi connectivity index (χ3n) is 2.46. The third-order valence-corrected chi connectivity index (χ3v) is 2.82. The molecule has 2 rings (SSSR count). The molecule has 0 aliphatic carbocycles. The number of benzene rings is 1. The van der Waals surface area contributed by atoms with Crippen molar-refractivity contribution in [2.45, 2.75) is 6.92 Å². The molecule has 0 atom stereocenters. The summed E-state index contributed by atoms with van der Waals surface area (Å²) >= 11 is 5.98. The van der Waals surface area contributed by atoms with Gasteiger partial charge in [-0.15, -0.1) is 0 Å². The number of rotatable bonds is 3. The van der Waals surface area contributed by atoms with Crippen LogP contribution in [0.25, 0.3) is 5.69 Å². The van der Waals surface area contributed by atoms with E-state index in [-0.39, 0.29) is 10.6 Å². The average Bonchev–Trinajstić information content (AvgIpc) is 2.37. The van der Waals surface area contributed by atoms with Crippen molar-refractivity contribution in [3.63, 3.8) is 0 Å². The Morgan fingerprint density at radius 3 is 2.56 bits per heavy atom. The van der Waals surface area contributed by atoms with E-state index in [0.29, 0.717) is 11.4 Å². The number of aromatic nitrogens is 2. The van der Waals surface area contributed by atoms with Crippen LogP contribution in [0.5, 0.6) is 0 Å². The number of aryl methyl sites for hydroxylation is 1.